The molecule has 2 aromatic carbocycles. The molecule has 0 unspecified atom stereocenters. The van der Waals surface area contributed by atoms with Gasteiger partial charge in [-0.2, -0.15) is 4.31 Å². The summed E-state index contributed by atoms with van der Waals surface area (Å²) in [6.07, 6.45) is 0.646. The molecular weight excluding hydrogens is 444 g/mol. The average molecular weight is 469 g/mol. The van der Waals surface area contributed by atoms with Gasteiger partial charge in [0.15, 0.2) is 6.61 Å². The van der Waals surface area contributed by atoms with E-state index in [1.54, 1.807) is 7.11 Å². The van der Waals surface area contributed by atoms with Crippen molar-refractivity contribution in [3.8, 4) is 11.5 Å². The van der Waals surface area contributed by atoms with E-state index in [9.17, 15) is 13.2 Å². The number of carbonyl (C=O) groups excluding carboxylic acids is 1. The first-order valence-corrected chi connectivity index (χ1v) is 11.6. The van der Waals surface area contributed by atoms with Crippen molar-refractivity contribution >= 4 is 27.5 Å². The summed E-state index contributed by atoms with van der Waals surface area (Å²) in [5, 5.41) is 3.03. The van der Waals surface area contributed by atoms with Crippen LogP contribution in [0.1, 0.15) is 5.56 Å². The van der Waals surface area contributed by atoms with Gasteiger partial charge in [-0.25, -0.2) is 8.42 Å². The Morgan fingerprint density at radius 2 is 1.87 bits per heavy atom. The summed E-state index contributed by atoms with van der Waals surface area (Å²) >= 11 is 6.02. The van der Waals surface area contributed by atoms with Gasteiger partial charge in [-0.05, 0) is 42.3 Å². The molecular formula is C21H25ClN2O6S. The Labute approximate surface area is 187 Å². The average Bonchev–Trinajstić information content (AvgIpc) is 2.79. The Kier molecular flexibility index (Phi) is 8.14. The van der Waals surface area contributed by atoms with Crippen molar-refractivity contribution in [2.45, 2.75) is 11.3 Å². The normalized spacial score (nSPS) is 14.8. The molecule has 0 saturated carbocycles. The molecule has 1 N–H and O–H groups in total. The summed E-state index contributed by atoms with van der Waals surface area (Å²) in [7, 11) is -2.22. The Hall–Kier alpha value is -2.33. The van der Waals surface area contributed by atoms with Gasteiger partial charge in [0.05, 0.1) is 20.3 Å². The second kappa shape index (κ2) is 10.8. The lowest BCUT2D eigenvalue weighted by molar-refractivity contribution is -0.123. The van der Waals surface area contributed by atoms with E-state index in [0.29, 0.717) is 26.2 Å². The minimum absolute atomic E-state index is 0.0621. The van der Waals surface area contributed by atoms with Crippen molar-refractivity contribution in [1.29, 1.82) is 0 Å². The van der Waals surface area contributed by atoms with Crippen LogP contribution in [0.15, 0.2) is 47.4 Å². The van der Waals surface area contributed by atoms with Crippen LogP contribution in [0, 0.1) is 0 Å². The zero-order valence-electron chi connectivity index (χ0n) is 17.2. The molecule has 0 radical (unpaired) electrons. The fourth-order valence-electron chi connectivity index (χ4n) is 3.06. The number of hydrogen-bond donors (Lipinski definition) is 1. The molecule has 2 aromatic rings. The van der Waals surface area contributed by atoms with Gasteiger partial charge in [0.25, 0.3) is 5.91 Å². The Bertz CT molecular complexity index is 991. The van der Waals surface area contributed by atoms with Crippen LogP contribution in [0.25, 0.3) is 0 Å². The van der Waals surface area contributed by atoms with Crippen molar-refractivity contribution in [3.63, 3.8) is 0 Å². The van der Waals surface area contributed by atoms with Gasteiger partial charge in [0.1, 0.15) is 16.4 Å². The second-order valence-electron chi connectivity index (χ2n) is 6.84. The number of carbonyl (C=O) groups is 1. The van der Waals surface area contributed by atoms with E-state index in [1.807, 2.05) is 24.3 Å². The number of ether oxygens (including phenoxy) is 3. The number of rotatable bonds is 9. The zero-order chi connectivity index (χ0) is 22.3. The topological polar surface area (TPSA) is 94.2 Å². The van der Waals surface area contributed by atoms with Gasteiger partial charge < -0.3 is 19.5 Å². The van der Waals surface area contributed by atoms with Crippen LogP contribution in [0.3, 0.4) is 0 Å². The monoisotopic (exact) mass is 468 g/mol. The molecule has 10 heteroatoms. The number of halogens is 1. The van der Waals surface area contributed by atoms with Crippen molar-refractivity contribution in [1.82, 2.24) is 9.62 Å². The van der Waals surface area contributed by atoms with Gasteiger partial charge in [-0.15, -0.1) is 0 Å². The Morgan fingerprint density at radius 1 is 1.16 bits per heavy atom. The van der Waals surface area contributed by atoms with E-state index in [-0.39, 0.29) is 41.3 Å². The third-order valence-electron chi connectivity index (χ3n) is 4.75. The molecule has 3 rings (SSSR count). The SMILES string of the molecule is COc1ccc(CCNC(=O)COc2ccc(Cl)cc2S(=O)(=O)N2CCOCC2)cc1. The molecule has 1 saturated heterocycles. The molecule has 168 valence electrons. The minimum Gasteiger partial charge on any atom is -0.497 e. The van der Waals surface area contributed by atoms with Crippen molar-refractivity contribution in [2.75, 3.05) is 46.6 Å². The molecule has 0 spiro atoms. The molecule has 1 aliphatic heterocycles. The number of amides is 1. The third kappa shape index (κ3) is 6.33. The van der Waals surface area contributed by atoms with Crippen LogP contribution in [-0.4, -0.2) is 65.2 Å². The van der Waals surface area contributed by atoms with E-state index in [1.165, 1.54) is 22.5 Å². The Balaban J connectivity index is 1.57. The largest absolute Gasteiger partial charge is 0.497 e. The molecule has 0 aromatic heterocycles. The van der Waals surface area contributed by atoms with Crippen LogP contribution >= 0.6 is 11.6 Å². The number of hydrogen-bond acceptors (Lipinski definition) is 6. The summed E-state index contributed by atoms with van der Waals surface area (Å²) in [6, 6.07) is 11.9. The van der Waals surface area contributed by atoms with Gasteiger partial charge >= 0.3 is 0 Å². The fraction of sp³-hybridized carbons (Fsp3) is 0.381. The first kappa shape index (κ1) is 23.3. The highest BCUT2D eigenvalue weighted by atomic mass is 35.5. The van der Waals surface area contributed by atoms with Crippen molar-refractivity contribution in [3.05, 3.63) is 53.1 Å². The summed E-state index contributed by atoms with van der Waals surface area (Å²) in [6.45, 7) is 1.27. The van der Waals surface area contributed by atoms with Crippen LogP contribution < -0.4 is 14.8 Å². The second-order valence-corrected chi connectivity index (χ2v) is 9.19. The van der Waals surface area contributed by atoms with Crippen molar-refractivity contribution < 1.29 is 27.4 Å². The van der Waals surface area contributed by atoms with Gasteiger partial charge in [-0.1, -0.05) is 23.7 Å². The van der Waals surface area contributed by atoms with Crippen molar-refractivity contribution in [2.24, 2.45) is 0 Å². The maximum absolute atomic E-state index is 13.0. The molecule has 0 aliphatic carbocycles. The third-order valence-corrected chi connectivity index (χ3v) is 6.90. The standard InChI is InChI=1S/C21H25ClN2O6S/c1-28-18-5-2-16(3-6-18)8-9-23-21(25)15-30-19-7-4-17(22)14-20(19)31(26,27)24-10-12-29-13-11-24/h2-7,14H,8-13,15H2,1H3,(H,23,25). The van der Waals surface area contributed by atoms with Crippen LogP contribution in [-0.2, 0) is 26.0 Å². The van der Waals surface area contributed by atoms with Gasteiger partial charge in [0.2, 0.25) is 10.0 Å². The lowest BCUT2D eigenvalue weighted by atomic mass is 10.1. The number of benzene rings is 2. The van der Waals surface area contributed by atoms with E-state index in [2.05, 4.69) is 5.32 Å². The number of nitrogens with zero attached hydrogens (tertiary/aromatic N) is 1. The van der Waals surface area contributed by atoms with Gasteiger partial charge in [-0.3, -0.25) is 4.79 Å². The quantitative estimate of drug-likeness (QED) is 0.605. The molecule has 8 nitrogen and oxygen atoms in total. The van der Waals surface area contributed by atoms with E-state index in [0.717, 1.165) is 11.3 Å². The predicted molar refractivity (Wildman–Crippen MR) is 116 cm³/mol. The fourth-order valence-corrected chi connectivity index (χ4v) is 4.86. The minimum atomic E-state index is -3.82. The maximum Gasteiger partial charge on any atom is 0.257 e. The molecule has 1 aliphatic rings. The molecule has 31 heavy (non-hydrogen) atoms. The van der Waals surface area contributed by atoms with Gasteiger partial charge in [0, 0.05) is 24.7 Å². The summed E-state index contributed by atoms with van der Waals surface area (Å²) in [5.41, 5.74) is 1.05. The van der Waals surface area contributed by atoms with Crippen LogP contribution in [0.4, 0.5) is 0 Å². The summed E-state index contributed by atoms with van der Waals surface area (Å²) in [5.74, 6) is 0.506. The maximum atomic E-state index is 13.0. The highest BCUT2D eigenvalue weighted by Gasteiger charge is 2.29. The highest BCUT2D eigenvalue weighted by Crippen LogP contribution is 2.30. The summed E-state index contributed by atoms with van der Waals surface area (Å²) in [4.78, 5) is 12.1. The van der Waals surface area contributed by atoms with E-state index >= 15 is 0 Å². The molecule has 1 fully saturated rings. The lowest BCUT2D eigenvalue weighted by Gasteiger charge is -2.26. The smallest absolute Gasteiger partial charge is 0.257 e. The molecule has 1 amide bonds. The zero-order valence-corrected chi connectivity index (χ0v) is 18.7. The number of sulfonamides is 1. The van der Waals surface area contributed by atoms with Crippen LogP contribution in [0.5, 0.6) is 11.5 Å². The van der Waals surface area contributed by atoms with E-state index in [4.69, 9.17) is 25.8 Å². The Morgan fingerprint density at radius 3 is 2.55 bits per heavy atom. The molecule has 0 atom stereocenters. The lowest BCUT2D eigenvalue weighted by Crippen LogP contribution is -2.40. The summed E-state index contributed by atoms with van der Waals surface area (Å²) < 4.78 is 43.2. The molecule has 1 heterocycles. The number of nitrogens with one attached hydrogen (secondary N) is 1. The highest BCUT2D eigenvalue weighted by molar-refractivity contribution is 7.89. The van der Waals surface area contributed by atoms with E-state index < -0.39 is 10.0 Å². The van der Waals surface area contributed by atoms with Crippen LogP contribution in [0.2, 0.25) is 5.02 Å². The number of methoxy groups -OCH3 is 1. The number of morpholine rings is 1. The molecule has 0 bridgehead atoms. The first-order chi connectivity index (χ1) is 14.9. The first-order valence-electron chi connectivity index (χ1n) is 9.80. The predicted octanol–water partition coefficient (Wildman–Crippen LogP) is 2.11.